The predicted molar refractivity (Wildman–Crippen MR) is 93.2 cm³/mol. The predicted octanol–water partition coefficient (Wildman–Crippen LogP) is 3.57. The highest BCUT2D eigenvalue weighted by Gasteiger charge is 2.25. The molecule has 3 rings (SSSR count). The van der Waals surface area contributed by atoms with E-state index < -0.39 is 12.1 Å². The van der Waals surface area contributed by atoms with E-state index in [0.717, 1.165) is 10.6 Å². The van der Waals surface area contributed by atoms with Crippen LogP contribution in [0.3, 0.4) is 0 Å². The average molecular weight is 348 g/mol. The Morgan fingerprint density at radius 3 is 2.87 bits per heavy atom. The van der Waals surface area contributed by atoms with Gasteiger partial charge in [-0.2, -0.15) is 0 Å². The molecule has 3 amide bonds. The number of carbonyl (C=O) groups excluding carboxylic acids is 2. The van der Waals surface area contributed by atoms with Crippen LogP contribution in [0, 0.1) is 0 Å². The molecule has 1 aliphatic heterocycles. The fourth-order valence-corrected chi connectivity index (χ4v) is 3.38. The maximum atomic E-state index is 12.2. The van der Waals surface area contributed by atoms with Crippen molar-refractivity contribution < 1.29 is 9.59 Å². The highest BCUT2D eigenvalue weighted by atomic mass is 35.5. The molecule has 0 bridgehead atoms. The molecule has 0 unspecified atom stereocenters. The molecular weight excluding hydrogens is 334 g/mol. The Hall–Kier alpha value is -2.18. The molecule has 0 aliphatic carbocycles. The summed E-state index contributed by atoms with van der Waals surface area (Å²) >= 11 is 7.40. The molecular formula is C16H14ClN3O2S. The number of nitrogens with one attached hydrogen (secondary N) is 3. The van der Waals surface area contributed by atoms with Gasteiger partial charge in [0.2, 0.25) is 5.91 Å². The quantitative estimate of drug-likeness (QED) is 0.777. The van der Waals surface area contributed by atoms with Crippen molar-refractivity contribution in [1.82, 2.24) is 5.32 Å². The van der Waals surface area contributed by atoms with Crippen molar-refractivity contribution >= 4 is 46.7 Å². The van der Waals surface area contributed by atoms with Crippen molar-refractivity contribution in [2.75, 3.05) is 16.4 Å². The SMILES string of the molecule is O=C(Nc1cccc(Cl)c1)N[C@H]1CSc2ccccc2NC1=O. The molecule has 1 aliphatic rings. The summed E-state index contributed by atoms with van der Waals surface area (Å²) in [6.45, 7) is 0. The zero-order valence-corrected chi connectivity index (χ0v) is 13.6. The molecule has 1 heterocycles. The average Bonchev–Trinajstić information content (AvgIpc) is 2.67. The van der Waals surface area contributed by atoms with E-state index in [-0.39, 0.29) is 5.91 Å². The van der Waals surface area contributed by atoms with Gasteiger partial charge in [-0.25, -0.2) is 4.79 Å². The first-order chi connectivity index (χ1) is 11.1. The number of fused-ring (bicyclic) bond motifs is 1. The molecule has 118 valence electrons. The molecule has 0 aromatic heterocycles. The van der Waals surface area contributed by atoms with E-state index in [4.69, 9.17) is 11.6 Å². The molecule has 0 saturated heterocycles. The first kappa shape index (κ1) is 15.7. The van der Waals surface area contributed by atoms with Gasteiger partial charge in [0.25, 0.3) is 0 Å². The van der Waals surface area contributed by atoms with Crippen LogP contribution in [0.1, 0.15) is 0 Å². The van der Waals surface area contributed by atoms with Crippen LogP contribution in [0.2, 0.25) is 5.02 Å². The Morgan fingerprint density at radius 2 is 2.04 bits per heavy atom. The summed E-state index contributed by atoms with van der Waals surface area (Å²) in [5.74, 6) is 0.231. The summed E-state index contributed by atoms with van der Waals surface area (Å²) in [7, 11) is 0. The van der Waals surface area contributed by atoms with Crippen molar-refractivity contribution in [2.45, 2.75) is 10.9 Å². The molecule has 7 heteroatoms. The van der Waals surface area contributed by atoms with Crippen LogP contribution in [-0.4, -0.2) is 23.7 Å². The van der Waals surface area contributed by atoms with E-state index in [1.54, 1.807) is 24.3 Å². The van der Waals surface area contributed by atoms with Crippen molar-refractivity contribution in [1.29, 1.82) is 0 Å². The maximum absolute atomic E-state index is 12.2. The maximum Gasteiger partial charge on any atom is 0.319 e. The van der Waals surface area contributed by atoms with Crippen molar-refractivity contribution in [3.8, 4) is 0 Å². The van der Waals surface area contributed by atoms with E-state index >= 15 is 0 Å². The number of rotatable bonds is 2. The number of urea groups is 1. The summed E-state index contributed by atoms with van der Waals surface area (Å²) in [5, 5.41) is 8.71. The number of halogens is 1. The van der Waals surface area contributed by atoms with Crippen LogP contribution >= 0.6 is 23.4 Å². The van der Waals surface area contributed by atoms with Crippen LogP contribution in [0.4, 0.5) is 16.2 Å². The number of carbonyl (C=O) groups is 2. The Kier molecular flexibility index (Phi) is 4.73. The number of amides is 3. The zero-order chi connectivity index (χ0) is 16.2. The molecule has 0 spiro atoms. The Balaban J connectivity index is 1.64. The lowest BCUT2D eigenvalue weighted by atomic mass is 10.2. The van der Waals surface area contributed by atoms with E-state index in [2.05, 4.69) is 16.0 Å². The highest BCUT2D eigenvalue weighted by Crippen LogP contribution is 2.30. The minimum atomic E-state index is -0.619. The van der Waals surface area contributed by atoms with E-state index in [1.165, 1.54) is 11.8 Å². The van der Waals surface area contributed by atoms with Crippen molar-refractivity contribution in [3.05, 3.63) is 53.6 Å². The van der Waals surface area contributed by atoms with E-state index in [0.29, 0.717) is 16.5 Å². The fraction of sp³-hybridized carbons (Fsp3) is 0.125. The second-order valence-electron chi connectivity index (χ2n) is 4.96. The monoisotopic (exact) mass is 347 g/mol. The number of anilines is 2. The number of hydrogen-bond acceptors (Lipinski definition) is 3. The number of para-hydroxylation sites is 1. The van der Waals surface area contributed by atoms with E-state index in [9.17, 15) is 9.59 Å². The molecule has 3 N–H and O–H groups in total. The largest absolute Gasteiger partial charge is 0.325 e. The van der Waals surface area contributed by atoms with Gasteiger partial charge < -0.3 is 16.0 Å². The third kappa shape index (κ3) is 3.97. The molecule has 1 atom stereocenters. The first-order valence-electron chi connectivity index (χ1n) is 6.97. The lowest BCUT2D eigenvalue weighted by molar-refractivity contribution is -0.117. The van der Waals surface area contributed by atoms with Gasteiger partial charge in [0.1, 0.15) is 6.04 Å². The van der Waals surface area contributed by atoms with Crippen molar-refractivity contribution in [2.24, 2.45) is 0 Å². The fourth-order valence-electron chi connectivity index (χ4n) is 2.16. The summed E-state index contributed by atoms with van der Waals surface area (Å²) < 4.78 is 0. The highest BCUT2D eigenvalue weighted by molar-refractivity contribution is 7.99. The van der Waals surface area contributed by atoms with Crippen LogP contribution in [0.5, 0.6) is 0 Å². The lowest BCUT2D eigenvalue weighted by Gasteiger charge is -2.15. The number of benzene rings is 2. The summed E-state index contributed by atoms with van der Waals surface area (Å²) in [5.41, 5.74) is 1.34. The van der Waals surface area contributed by atoms with Gasteiger partial charge in [-0.05, 0) is 30.3 Å². The van der Waals surface area contributed by atoms with Crippen LogP contribution in [0.25, 0.3) is 0 Å². The second-order valence-corrected chi connectivity index (χ2v) is 6.46. The Bertz CT molecular complexity index is 754. The van der Waals surface area contributed by atoms with Crippen LogP contribution < -0.4 is 16.0 Å². The molecule has 2 aromatic carbocycles. The van der Waals surface area contributed by atoms with Gasteiger partial charge in [-0.1, -0.05) is 29.8 Å². The second kappa shape index (κ2) is 6.93. The Morgan fingerprint density at radius 1 is 1.22 bits per heavy atom. The zero-order valence-electron chi connectivity index (χ0n) is 12.0. The van der Waals surface area contributed by atoms with E-state index in [1.807, 2.05) is 24.3 Å². The number of hydrogen-bond donors (Lipinski definition) is 3. The lowest BCUT2D eigenvalue weighted by Crippen LogP contribution is -2.46. The molecule has 0 fully saturated rings. The van der Waals surface area contributed by atoms with Crippen LogP contribution in [0.15, 0.2) is 53.4 Å². The minimum absolute atomic E-state index is 0.233. The first-order valence-corrected chi connectivity index (χ1v) is 8.34. The topological polar surface area (TPSA) is 70.2 Å². The standard InChI is InChI=1S/C16H14ClN3O2S/c17-10-4-3-5-11(8-10)18-16(22)20-13-9-23-14-7-2-1-6-12(14)19-15(13)21/h1-8,13H,9H2,(H,19,21)(H2,18,20,22)/t13-/m0/s1. The molecule has 5 nitrogen and oxygen atoms in total. The van der Waals surface area contributed by atoms with Gasteiger partial charge in [0.05, 0.1) is 5.69 Å². The third-order valence-electron chi connectivity index (χ3n) is 3.25. The Labute approximate surface area is 142 Å². The smallest absolute Gasteiger partial charge is 0.319 e. The summed E-state index contributed by atoms with van der Waals surface area (Å²) in [6.07, 6.45) is 0. The normalized spacial score (nSPS) is 16.7. The molecule has 0 saturated carbocycles. The van der Waals surface area contributed by atoms with Gasteiger partial charge in [-0.15, -0.1) is 11.8 Å². The molecule has 2 aromatic rings. The molecule has 0 radical (unpaired) electrons. The molecule has 23 heavy (non-hydrogen) atoms. The van der Waals surface area contributed by atoms with Crippen LogP contribution in [-0.2, 0) is 4.79 Å². The van der Waals surface area contributed by atoms with Gasteiger partial charge in [0, 0.05) is 21.4 Å². The summed E-state index contributed by atoms with van der Waals surface area (Å²) in [4.78, 5) is 25.3. The van der Waals surface area contributed by atoms with Gasteiger partial charge in [-0.3, -0.25) is 4.79 Å². The van der Waals surface area contributed by atoms with Gasteiger partial charge >= 0.3 is 6.03 Å². The minimum Gasteiger partial charge on any atom is -0.325 e. The summed E-state index contributed by atoms with van der Waals surface area (Å²) in [6, 6.07) is 13.3. The van der Waals surface area contributed by atoms with Crippen molar-refractivity contribution in [3.63, 3.8) is 0 Å². The number of thioether (sulfide) groups is 1. The third-order valence-corrected chi connectivity index (χ3v) is 4.66. The van der Waals surface area contributed by atoms with Gasteiger partial charge in [0.15, 0.2) is 0 Å².